The van der Waals surface area contributed by atoms with Gasteiger partial charge in [0.05, 0.1) is 12.7 Å². The maximum atomic E-state index is 12.5. The van der Waals surface area contributed by atoms with Crippen molar-refractivity contribution in [2.45, 2.75) is 45.6 Å². The van der Waals surface area contributed by atoms with E-state index in [1.807, 2.05) is 27.7 Å². The molecule has 5 heteroatoms. The molecule has 0 aliphatic carbocycles. The highest BCUT2D eigenvalue weighted by atomic mass is 16.5. The van der Waals surface area contributed by atoms with E-state index in [0.717, 1.165) is 5.56 Å². The number of hydrogen-bond acceptors (Lipinski definition) is 4. The topological polar surface area (TPSA) is 55.8 Å². The van der Waals surface area contributed by atoms with Gasteiger partial charge >= 0.3 is 5.97 Å². The molecule has 0 N–H and O–H groups in total. The predicted octanol–water partition coefficient (Wildman–Crippen LogP) is 2.52. The van der Waals surface area contributed by atoms with Crippen LogP contribution < -0.4 is 0 Å². The fraction of sp³-hybridized carbons (Fsp3) is 0.500. The van der Waals surface area contributed by atoms with E-state index in [-0.39, 0.29) is 11.9 Å². The summed E-state index contributed by atoms with van der Waals surface area (Å²) in [4.78, 5) is 25.7. The monoisotopic (exact) mass is 291 g/mol. The highest BCUT2D eigenvalue weighted by molar-refractivity contribution is 5.90. The van der Waals surface area contributed by atoms with Gasteiger partial charge < -0.3 is 14.4 Å². The molecular formula is C16H21NO4. The normalized spacial score (nSPS) is 21.0. The molecule has 1 atom stereocenters. The summed E-state index contributed by atoms with van der Waals surface area (Å²) < 4.78 is 10.6. The summed E-state index contributed by atoms with van der Waals surface area (Å²) in [6.07, 6.45) is -0.630. The van der Waals surface area contributed by atoms with Crippen LogP contribution in [0.5, 0.6) is 0 Å². The quantitative estimate of drug-likeness (QED) is 0.803. The Bertz CT molecular complexity index is 548. The highest BCUT2D eigenvalue weighted by Crippen LogP contribution is 2.38. The lowest BCUT2D eigenvalue weighted by Gasteiger charge is -2.32. The zero-order valence-corrected chi connectivity index (χ0v) is 13.0. The lowest BCUT2D eigenvalue weighted by atomic mass is 10.1. The van der Waals surface area contributed by atoms with Crippen molar-refractivity contribution >= 4 is 11.9 Å². The number of rotatable bonds is 3. The molecule has 1 fully saturated rings. The van der Waals surface area contributed by atoms with Gasteiger partial charge in [0.2, 0.25) is 0 Å². The second-order valence-electron chi connectivity index (χ2n) is 5.86. The van der Waals surface area contributed by atoms with Crippen LogP contribution in [0.25, 0.3) is 0 Å². The predicted molar refractivity (Wildman–Crippen MR) is 77.7 cm³/mol. The smallest absolute Gasteiger partial charge is 0.337 e. The Morgan fingerprint density at radius 3 is 2.29 bits per heavy atom. The molecule has 21 heavy (non-hydrogen) atoms. The van der Waals surface area contributed by atoms with Gasteiger partial charge in [-0.25, -0.2) is 4.79 Å². The van der Waals surface area contributed by atoms with Gasteiger partial charge in [0.1, 0.15) is 5.72 Å². The van der Waals surface area contributed by atoms with Crippen molar-refractivity contribution in [1.29, 1.82) is 0 Å². The van der Waals surface area contributed by atoms with Crippen molar-refractivity contribution < 1.29 is 19.1 Å². The van der Waals surface area contributed by atoms with E-state index >= 15 is 0 Å². The molecule has 1 aliphatic rings. The molecule has 114 valence electrons. The summed E-state index contributed by atoms with van der Waals surface area (Å²) in [5.41, 5.74) is 0.548. The largest absolute Gasteiger partial charge is 0.465 e. The van der Waals surface area contributed by atoms with Crippen LogP contribution in [0.1, 0.15) is 49.7 Å². The summed E-state index contributed by atoms with van der Waals surface area (Å²) in [6, 6.07) is 6.81. The summed E-state index contributed by atoms with van der Waals surface area (Å²) in [5.74, 6) is -0.454. The first-order valence-corrected chi connectivity index (χ1v) is 6.97. The molecule has 0 saturated carbocycles. The second-order valence-corrected chi connectivity index (χ2v) is 5.86. The number of carbonyl (C=O) groups is 2. The molecule has 5 nitrogen and oxygen atoms in total. The number of carbonyl (C=O) groups excluding carboxylic acids is 2. The first kappa shape index (κ1) is 15.5. The number of nitrogens with zero attached hydrogens (tertiary/aromatic N) is 1. The third-order valence-corrected chi connectivity index (χ3v) is 3.60. The van der Waals surface area contributed by atoms with E-state index in [9.17, 15) is 9.59 Å². The van der Waals surface area contributed by atoms with E-state index < -0.39 is 17.8 Å². The lowest BCUT2D eigenvalue weighted by molar-refractivity contribution is -0.134. The van der Waals surface area contributed by atoms with Crippen LogP contribution in [0.2, 0.25) is 0 Å². The van der Waals surface area contributed by atoms with Crippen LogP contribution in [0.4, 0.5) is 0 Å². The molecule has 0 radical (unpaired) electrons. The molecule has 2 rings (SSSR count). The zero-order valence-electron chi connectivity index (χ0n) is 13.0. The van der Waals surface area contributed by atoms with Crippen molar-refractivity contribution in [3.8, 4) is 0 Å². The Labute approximate surface area is 124 Å². The zero-order chi connectivity index (χ0) is 15.8. The minimum atomic E-state index is -0.642. The van der Waals surface area contributed by atoms with Gasteiger partial charge in [-0.05, 0) is 45.4 Å². The van der Waals surface area contributed by atoms with E-state index in [4.69, 9.17) is 4.74 Å². The third-order valence-electron chi connectivity index (χ3n) is 3.60. The minimum absolute atomic E-state index is 0.0548. The molecule has 1 aliphatic heterocycles. The Morgan fingerprint density at radius 1 is 1.29 bits per heavy atom. The average Bonchev–Trinajstić information content (AvgIpc) is 2.67. The molecule has 1 heterocycles. The number of amides is 1. The summed E-state index contributed by atoms with van der Waals surface area (Å²) in [7, 11) is 1.34. The Balaban J connectivity index is 2.27. The maximum absolute atomic E-state index is 12.5. The Kier molecular flexibility index (Phi) is 4.05. The molecule has 1 aromatic carbocycles. The van der Waals surface area contributed by atoms with Crippen molar-refractivity contribution in [3.63, 3.8) is 0 Å². The average molecular weight is 291 g/mol. The lowest BCUT2D eigenvalue weighted by Crippen LogP contribution is -2.46. The first-order valence-electron chi connectivity index (χ1n) is 6.97. The number of esters is 1. The van der Waals surface area contributed by atoms with Crippen LogP contribution in [0.15, 0.2) is 24.3 Å². The molecule has 1 saturated heterocycles. The van der Waals surface area contributed by atoms with Gasteiger partial charge in [-0.15, -0.1) is 0 Å². The number of benzene rings is 1. The number of ether oxygens (including phenoxy) is 2. The van der Waals surface area contributed by atoms with Gasteiger partial charge in [0.25, 0.3) is 5.91 Å². The molecule has 0 spiro atoms. The van der Waals surface area contributed by atoms with Gasteiger partial charge in [0.15, 0.2) is 6.10 Å². The summed E-state index contributed by atoms with van der Waals surface area (Å²) in [6.45, 7) is 7.69. The number of methoxy groups -OCH3 is 1. The van der Waals surface area contributed by atoms with Crippen LogP contribution >= 0.6 is 0 Å². The van der Waals surface area contributed by atoms with Crippen molar-refractivity contribution in [2.24, 2.45) is 0 Å². The van der Waals surface area contributed by atoms with Crippen molar-refractivity contribution in [3.05, 3.63) is 35.4 Å². The van der Waals surface area contributed by atoms with E-state index in [1.165, 1.54) is 7.11 Å². The molecule has 1 aromatic rings. The highest BCUT2D eigenvalue weighted by Gasteiger charge is 2.47. The van der Waals surface area contributed by atoms with E-state index in [2.05, 4.69) is 4.74 Å². The van der Waals surface area contributed by atoms with Crippen LogP contribution in [-0.4, -0.2) is 35.7 Å². The van der Waals surface area contributed by atoms with E-state index in [0.29, 0.717) is 5.56 Å². The van der Waals surface area contributed by atoms with Crippen molar-refractivity contribution in [2.75, 3.05) is 7.11 Å². The minimum Gasteiger partial charge on any atom is -0.465 e. The standard InChI is InChI=1S/C16H21NO4/c1-10(2)17-14(18)13(21-16(17,3)4)11-6-8-12(9-7-11)15(19)20-5/h6-10,13H,1-5H3/t13-/m0/s1. The summed E-state index contributed by atoms with van der Waals surface area (Å²) >= 11 is 0. The second kappa shape index (κ2) is 5.48. The van der Waals surface area contributed by atoms with Gasteiger partial charge in [0, 0.05) is 6.04 Å². The molecule has 1 amide bonds. The molecule has 0 aromatic heterocycles. The van der Waals surface area contributed by atoms with E-state index in [1.54, 1.807) is 29.2 Å². The first-order chi connectivity index (χ1) is 9.77. The van der Waals surface area contributed by atoms with Crippen LogP contribution in [0.3, 0.4) is 0 Å². The molecule has 0 bridgehead atoms. The molecule has 0 unspecified atom stereocenters. The van der Waals surface area contributed by atoms with Crippen LogP contribution in [0, 0.1) is 0 Å². The fourth-order valence-corrected chi connectivity index (χ4v) is 2.79. The molecular weight excluding hydrogens is 270 g/mol. The van der Waals surface area contributed by atoms with Gasteiger partial charge in [-0.2, -0.15) is 0 Å². The van der Waals surface area contributed by atoms with Gasteiger partial charge in [-0.3, -0.25) is 4.79 Å². The maximum Gasteiger partial charge on any atom is 0.337 e. The third kappa shape index (κ3) is 2.78. The van der Waals surface area contributed by atoms with Crippen LogP contribution in [-0.2, 0) is 14.3 Å². The van der Waals surface area contributed by atoms with Crippen molar-refractivity contribution in [1.82, 2.24) is 4.90 Å². The van der Waals surface area contributed by atoms with Gasteiger partial charge in [-0.1, -0.05) is 12.1 Å². The Morgan fingerprint density at radius 2 is 1.86 bits per heavy atom. The Hall–Kier alpha value is -1.88. The fourth-order valence-electron chi connectivity index (χ4n) is 2.79. The SMILES string of the molecule is COC(=O)c1ccc([C@@H]2OC(C)(C)N(C(C)C)C2=O)cc1. The number of hydrogen-bond donors (Lipinski definition) is 0. The summed E-state index contributed by atoms with van der Waals surface area (Å²) in [5, 5.41) is 0.